The molecule has 0 radical (unpaired) electrons. The van der Waals surface area contributed by atoms with Gasteiger partial charge in [0.05, 0.1) is 0 Å². The molecule has 0 atom stereocenters. The van der Waals surface area contributed by atoms with E-state index < -0.39 is 0 Å². The summed E-state index contributed by atoms with van der Waals surface area (Å²) in [6, 6.07) is 0. The van der Waals surface area contributed by atoms with E-state index in [-0.39, 0.29) is 5.91 Å². The lowest BCUT2D eigenvalue weighted by Crippen LogP contribution is -2.24. The number of nitrogens with zero attached hydrogens (tertiary/aromatic N) is 2. The standard InChI is InChI=1S/C9H16N4O/c1-3-5-11-9(14)7-6-13(4-2)12-8(7)10/h6H,3-5H2,1-2H3,(H2,10,12)(H,11,14). The molecule has 5 nitrogen and oxygen atoms in total. The van der Waals surface area contributed by atoms with Crippen molar-refractivity contribution >= 4 is 11.7 Å². The molecule has 1 rings (SSSR count). The van der Waals surface area contributed by atoms with Gasteiger partial charge in [0.15, 0.2) is 5.82 Å². The number of nitrogens with two attached hydrogens (primary N) is 1. The fraction of sp³-hybridized carbons (Fsp3) is 0.556. The average Bonchev–Trinajstić information content (AvgIpc) is 2.56. The lowest BCUT2D eigenvalue weighted by atomic mass is 10.3. The highest BCUT2D eigenvalue weighted by molar-refractivity contribution is 5.98. The third kappa shape index (κ3) is 2.25. The van der Waals surface area contributed by atoms with E-state index in [2.05, 4.69) is 10.4 Å². The maximum Gasteiger partial charge on any atom is 0.256 e. The molecule has 0 fully saturated rings. The van der Waals surface area contributed by atoms with E-state index in [1.54, 1.807) is 10.9 Å². The molecule has 0 aromatic carbocycles. The van der Waals surface area contributed by atoms with E-state index in [0.29, 0.717) is 24.5 Å². The van der Waals surface area contributed by atoms with Gasteiger partial charge in [-0.2, -0.15) is 5.10 Å². The van der Waals surface area contributed by atoms with Crippen molar-refractivity contribution < 1.29 is 4.79 Å². The van der Waals surface area contributed by atoms with Gasteiger partial charge in [0.2, 0.25) is 0 Å². The van der Waals surface area contributed by atoms with Gasteiger partial charge in [-0.05, 0) is 13.3 Å². The molecule has 1 aromatic rings. The van der Waals surface area contributed by atoms with Crippen LogP contribution in [-0.2, 0) is 6.54 Å². The van der Waals surface area contributed by atoms with E-state index in [1.165, 1.54) is 0 Å². The molecule has 0 aliphatic heterocycles. The zero-order chi connectivity index (χ0) is 10.6. The molecule has 0 spiro atoms. The van der Waals surface area contributed by atoms with Crippen LogP contribution < -0.4 is 11.1 Å². The molecule has 78 valence electrons. The number of anilines is 1. The number of carbonyl (C=O) groups excluding carboxylic acids is 1. The fourth-order valence-corrected chi connectivity index (χ4v) is 1.11. The Morgan fingerprint density at radius 2 is 2.36 bits per heavy atom. The zero-order valence-electron chi connectivity index (χ0n) is 8.58. The number of carbonyl (C=O) groups is 1. The highest BCUT2D eigenvalue weighted by Crippen LogP contribution is 2.08. The Labute approximate surface area is 83.3 Å². The maximum atomic E-state index is 11.5. The monoisotopic (exact) mass is 196 g/mol. The second-order valence-corrected chi connectivity index (χ2v) is 3.04. The van der Waals surface area contributed by atoms with E-state index in [9.17, 15) is 4.79 Å². The summed E-state index contributed by atoms with van der Waals surface area (Å²) in [5.41, 5.74) is 6.06. The van der Waals surface area contributed by atoms with Gasteiger partial charge in [0.1, 0.15) is 5.56 Å². The van der Waals surface area contributed by atoms with Crippen molar-refractivity contribution in [1.29, 1.82) is 0 Å². The molecular formula is C9H16N4O. The van der Waals surface area contributed by atoms with Gasteiger partial charge in [0, 0.05) is 19.3 Å². The first kappa shape index (κ1) is 10.6. The Morgan fingerprint density at radius 1 is 1.64 bits per heavy atom. The number of aromatic nitrogens is 2. The van der Waals surface area contributed by atoms with Crippen molar-refractivity contribution in [3.8, 4) is 0 Å². The summed E-state index contributed by atoms with van der Waals surface area (Å²) in [4.78, 5) is 11.5. The van der Waals surface area contributed by atoms with Gasteiger partial charge >= 0.3 is 0 Å². The van der Waals surface area contributed by atoms with Crippen LogP contribution >= 0.6 is 0 Å². The van der Waals surface area contributed by atoms with Crippen LogP contribution in [0.25, 0.3) is 0 Å². The molecule has 0 bridgehead atoms. The van der Waals surface area contributed by atoms with Gasteiger partial charge in [-0.15, -0.1) is 0 Å². The van der Waals surface area contributed by atoms with Crippen LogP contribution in [0, 0.1) is 0 Å². The molecule has 1 heterocycles. The largest absolute Gasteiger partial charge is 0.382 e. The van der Waals surface area contributed by atoms with Crippen molar-refractivity contribution in [1.82, 2.24) is 15.1 Å². The number of rotatable bonds is 4. The van der Waals surface area contributed by atoms with Gasteiger partial charge in [-0.25, -0.2) is 0 Å². The van der Waals surface area contributed by atoms with Crippen molar-refractivity contribution in [3.63, 3.8) is 0 Å². The lowest BCUT2D eigenvalue weighted by molar-refractivity contribution is 0.0954. The first-order valence-corrected chi connectivity index (χ1v) is 4.80. The van der Waals surface area contributed by atoms with Gasteiger partial charge in [-0.3, -0.25) is 9.48 Å². The molecule has 0 saturated heterocycles. The highest BCUT2D eigenvalue weighted by Gasteiger charge is 2.12. The van der Waals surface area contributed by atoms with E-state index >= 15 is 0 Å². The lowest BCUT2D eigenvalue weighted by Gasteiger charge is -2.00. The minimum atomic E-state index is -0.149. The molecule has 0 unspecified atom stereocenters. The molecule has 0 saturated carbocycles. The summed E-state index contributed by atoms with van der Waals surface area (Å²) < 4.78 is 1.65. The summed E-state index contributed by atoms with van der Waals surface area (Å²) in [6.07, 6.45) is 2.58. The Bertz CT molecular complexity index is 319. The summed E-state index contributed by atoms with van der Waals surface area (Å²) in [7, 11) is 0. The molecular weight excluding hydrogens is 180 g/mol. The number of aryl methyl sites for hydroxylation is 1. The molecule has 0 aliphatic carbocycles. The quantitative estimate of drug-likeness (QED) is 0.741. The number of amides is 1. The normalized spacial score (nSPS) is 10.1. The van der Waals surface area contributed by atoms with Gasteiger partial charge in [-0.1, -0.05) is 6.92 Å². The van der Waals surface area contributed by atoms with Crippen LogP contribution in [-0.4, -0.2) is 22.2 Å². The van der Waals surface area contributed by atoms with Crippen molar-refractivity contribution in [2.45, 2.75) is 26.8 Å². The first-order valence-electron chi connectivity index (χ1n) is 4.80. The summed E-state index contributed by atoms with van der Waals surface area (Å²) >= 11 is 0. The van der Waals surface area contributed by atoms with Gasteiger partial charge in [0.25, 0.3) is 5.91 Å². The van der Waals surface area contributed by atoms with Gasteiger partial charge < -0.3 is 11.1 Å². The topological polar surface area (TPSA) is 72.9 Å². The van der Waals surface area contributed by atoms with Crippen molar-refractivity contribution in [3.05, 3.63) is 11.8 Å². The summed E-state index contributed by atoms with van der Waals surface area (Å²) in [6.45, 7) is 5.32. The minimum absolute atomic E-state index is 0.149. The molecule has 0 aliphatic rings. The summed E-state index contributed by atoms with van der Waals surface area (Å²) in [5.74, 6) is 0.143. The Balaban J connectivity index is 2.73. The molecule has 1 amide bonds. The van der Waals surface area contributed by atoms with Crippen LogP contribution in [0.5, 0.6) is 0 Å². The Morgan fingerprint density at radius 3 is 2.86 bits per heavy atom. The maximum absolute atomic E-state index is 11.5. The fourth-order valence-electron chi connectivity index (χ4n) is 1.11. The summed E-state index contributed by atoms with van der Waals surface area (Å²) in [5, 5.41) is 6.75. The third-order valence-corrected chi connectivity index (χ3v) is 1.89. The van der Waals surface area contributed by atoms with Crippen LogP contribution in [0.4, 0.5) is 5.82 Å². The highest BCUT2D eigenvalue weighted by atomic mass is 16.1. The number of hydrogen-bond donors (Lipinski definition) is 2. The Hall–Kier alpha value is -1.52. The van der Waals surface area contributed by atoms with E-state index in [1.807, 2.05) is 13.8 Å². The zero-order valence-corrected chi connectivity index (χ0v) is 8.58. The van der Waals surface area contributed by atoms with Crippen LogP contribution in [0.1, 0.15) is 30.6 Å². The van der Waals surface area contributed by atoms with Crippen molar-refractivity contribution in [2.75, 3.05) is 12.3 Å². The number of hydrogen-bond acceptors (Lipinski definition) is 3. The second kappa shape index (κ2) is 4.64. The Kier molecular flexibility index (Phi) is 3.50. The predicted octanol–water partition coefficient (Wildman–Crippen LogP) is 0.625. The smallest absolute Gasteiger partial charge is 0.256 e. The molecule has 5 heteroatoms. The number of nitrogen functional groups attached to an aromatic ring is 1. The second-order valence-electron chi connectivity index (χ2n) is 3.04. The number of nitrogens with one attached hydrogen (secondary N) is 1. The van der Waals surface area contributed by atoms with Crippen LogP contribution in [0.15, 0.2) is 6.20 Å². The SMILES string of the molecule is CCCNC(=O)c1cn(CC)nc1N. The minimum Gasteiger partial charge on any atom is -0.382 e. The third-order valence-electron chi connectivity index (χ3n) is 1.89. The van der Waals surface area contributed by atoms with Crippen molar-refractivity contribution in [2.24, 2.45) is 0 Å². The molecule has 3 N–H and O–H groups in total. The van der Waals surface area contributed by atoms with Crippen LogP contribution in [0.2, 0.25) is 0 Å². The predicted molar refractivity (Wildman–Crippen MR) is 54.9 cm³/mol. The van der Waals surface area contributed by atoms with Crippen LogP contribution in [0.3, 0.4) is 0 Å². The first-order chi connectivity index (χ1) is 6.69. The molecule has 1 aromatic heterocycles. The average molecular weight is 196 g/mol. The van der Waals surface area contributed by atoms with E-state index in [4.69, 9.17) is 5.73 Å². The van der Waals surface area contributed by atoms with E-state index in [0.717, 1.165) is 6.42 Å². The molecule has 14 heavy (non-hydrogen) atoms.